The lowest BCUT2D eigenvalue weighted by molar-refractivity contribution is 0.0379. The lowest BCUT2D eigenvalue weighted by Gasteiger charge is -2.35. The number of ketones is 1. The van der Waals surface area contributed by atoms with Crippen molar-refractivity contribution in [3.63, 3.8) is 0 Å². The maximum atomic E-state index is 13.0. The molecule has 1 aliphatic carbocycles. The number of Topliss-reactive ketones (excluding diaryl/α,β-unsaturated/α-hetero) is 1. The molecular formula is C13H13FO2. The SMILES string of the molecule is CC1(C2CC2)CC(=O)c2cc(F)ccc2O1. The van der Waals surface area contributed by atoms with Crippen LogP contribution < -0.4 is 4.74 Å². The summed E-state index contributed by atoms with van der Waals surface area (Å²) in [5.74, 6) is 0.627. The van der Waals surface area contributed by atoms with E-state index < -0.39 is 0 Å². The average molecular weight is 220 g/mol. The molecule has 1 aliphatic heterocycles. The summed E-state index contributed by atoms with van der Waals surface area (Å²) in [4.78, 5) is 11.9. The Morgan fingerprint density at radius 1 is 1.44 bits per heavy atom. The van der Waals surface area contributed by atoms with E-state index in [9.17, 15) is 9.18 Å². The van der Waals surface area contributed by atoms with Crippen molar-refractivity contribution in [2.24, 2.45) is 5.92 Å². The van der Waals surface area contributed by atoms with Crippen LogP contribution in [0.25, 0.3) is 0 Å². The summed E-state index contributed by atoms with van der Waals surface area (Å²) in [7, 11) is 0. The van der Waals surface area contributed by atoms with E-state index in [2.05, 4.69) is 0 Å². The van der Waals surface area contributed by atoms with Gasteiger partial charge >= 0.3 is 0 Å². The Bertz CT molecular complexity index is 465. The van der Waals surface area contributed by atoms with Gasteiger partial charge in [-0.05, 0) is 43.9 Å². The summed E-state index contributed by atoms with van der Waals surface area (Å²) in [6, 6.07) is 4.16. The minimum atomic E-state index is -0.384. The lowest BCUT2D eigenvalue weighted by atomic mass is 9.88. The second-order valence-electron chi connectivity index (χ2n) is 4.93. The van der Waals surface area contributed by atoms with Crippen LogP contribution in [0.4, 0.5) is 4.39 Å². The summed E-state index contributed by atoms with van der Waals surface area (Å²) < 4.78 is 18.9. The maximum Gasteiger partial charge on any atom is 0.170 e. The molecule has 0 spiro atoms. The Morgan fingerprint density at radius 3 is 2.88 bits per heavy atom. The normalized spacial score (nSPS) is 28.5. The zero-order valence-corrected chi connectivity index (χ0v) is 9.13. The van der Waals surface area contributed by atoms with Crippen molar-refractivity contribution >= 4 is 5.78 Å². The molecule has 3 rings (SSSR count). The first-order valence-corrected chi connectivity index (χ1v) is 5.60. The van der Waals surface area contributed by atoms with Crippen LogP contribution in [0.1, 0.15) is 36.5 Å². The topological polar surface area (TPSA) is 26.3 Å². The molecule has 0 bridgehead atoms. The van der Waals surface area contributed by atoms with E-state index in [1.54, 1.807) is 6.07 Å². The minimum absolute atomic E-state index is 0.00449. The number of ether oxygens (including phenoxy) is 1. The highest BCUT2D eigenvalue weighted by Crippen LogP contribution is 2.47. The van der Waals surface area contributed by atoms with Gasteiger partial charge in [-0.2, -0.15) is 0 Å². The zero-order valence-electron chi connectivity index (χ0n) is 9.13. The van der Waals surface area contributed by atoms with E-state index in [4.69, 9.17) is 4.74 Å². The number of fused-ring (bicyclic) bond motifs is 1. The van der Waals surface area contributed by atoms with Crippen LogP contribution >= 0.6 is 0 Å². The van der Waals surface area contributed by atoms with Crippen molar-refractivity contribution in [3.05, 3.63) is 29.6 Å². The number of carbonyl (C=O) groups is 1. The first kappa shape index (κ1) is 9.82. The molecule has 16 heavy (non-hydrogen) atoms. The van der Waals surface area contributed by atoms with E-state index in [1.807, 2.05) is 6.92 Å². The number of benzene rings is 1. The van der Waals surface area contributed by atoms with Gasteiger partial charge in [-0.1, -0.05) is 0 Å². The Hall–Kier alpha value is -1.38. The predicted octanol–water partition coefficient (Wildman–Crippen LogP) is 2.96. The fourth-order valence-electron chi connectivity index (χ4n) is 2.43. The summed E-state index contributed by atoms with van der Waals surface area (Å²) >= 11 is 0. The van der Waals surface area contributed by atoms with Gasteiger partial charge in [0.15, 0.2) is 5.78 Å². The Balaban J connectivity index is 2.02. The van der Waals surface area contributed by atoms with Crippen LogP contribution in [0.2, 0.25) is 0 Å². The first-order chi connectivity index (χ1) is 7.58. The van der Waals surface area contributed by atoms with Crippen molar-refractivity contribution in [2.45, 2.75) is 31.8 Å². The molecule has 1 unspecified atom stereocenters. The van der Waals surface area contributed by atoms with E-state index >= 15 is 0 Å². The highest BCUT2D eigenvalue weighted by molar-refractivity contribution is 6.00. The van der Waals surface area contributed by atoms with E-state index in [1.165, 1.54) is 12.1 Å². The molecule has 3 heteroatoms. The molecule has 84 valence electrons. The maximum absolute atomic E-state index is 13.0. The second-order valence-corrected chi connectivity index (χ2v) is 4.93. The number of hydrogen-bond donors (Lipinski definition) is 0. The highest BCUT2D eigenvalue weighted by atomic mass is 19.1. The molecule has 0 aromatic heterocycles. The van der Waals surface area contributed by atoms with Gasteiger partial charge in [-0.15, -0.1) is 0 Å². The second kappa shape index (κ2) is 3.06. The first-order valence-electron chi connectivity index (χ1n) is 5.60. The van der Waals surface area contributed by atoms with Crippen molar-refractivity contribution in [1.82, 2.24) is 0 Å². The van der Waals surface area contributed by atoms with Gasteiger partial charge < -0.3 is 4.74 Å². The van der Waals surface area contributed by atoms with Crippen molar-refractivity contribution in [3.8, 4) is 5.75 Å². The quantitative estimate of drug-likeness (QED) is 0.727. The van der Waals surface area contributed by atoms with Gasteiger partial charge in [0.2, 0.25) is 0 Å². The number of hydrogen-bond acceptors (Lipinski definition) is 2. The molecule has 1 aromatic carbocycles. The smallest absolute Gasteiger partial charge is 0.170 e. The fraction of sp³-hybridized carbons (Fsp3) is 0.462. The van der Waals surface area contributed by atoms with E-state index in [-0.39, 0.29) is 17.2 Å². The van der Waals surface area contributed by atoms with Gasteiger partial charge in [-0.3, -0.25) is 4.79 Å². The molecule has 1 saturated carbocycles. The van der Waals surface area contributed by atoms with Crippen LogP contribution in [-0.2, 0) is 0 Å². The van der Waals surface area contributed by atoms with Gasteiger partial charge in [-0.25, -0.2) is 4.39 Å². The van der Waals surface area contributed by atoms with E-state index in [0.29, 0.717) is 23.7 Å². The molecule has 1 heterocycles. The molecule has 0 amide bonds. The molecule has 1 fully saturated rings. The fourth-order valence-corrected chi connectivity index (χ4v) is 2.43. The molecule has 0 radical (unpaired) electrons. The van der Waals surface area contributed by atoms with E-state index in [0.717, 1.165) is 12.8 Å². The lowest BCUT2D eigenvalue weighted by Crippen LogP contribution is -2.41. The van der Waals surface area contributed by atoms with Crippen molar-refractivity contribution in [2.75, 3.05) is 0 Å². The van der Waals surface area contributed by atoms with Crippen LogP contribution in [0.15, 0.2) is 18.2 Å². The third-order valence-electron chi connectivity index (χ3n) is 3.54. The summed E-state index contributed by atoms with van der Waals surface area (Å²) in [5.41, 5.74) is 0.0141. The van der Waals surface area contributed by atoms with Crippen LogP contribution in [-0.4, -0.2) is 11.4 Å². The summed E-state index contributed by atoms with van der Waals surface area (Å²) in [5, 5.41) is 0. The monoisotopic (exact) mass is 220 g/mol. The van der Waals surface area contributed by atoms with Crippen molar-refractivity contribution < 1.29 is 13.9 Å². The molecule has 2 nitrogen and oxygen atoms in total. The predicted molar refractivity (Wildman–Crippen MR) is 57.1 cm³/mol. The molecular weight excluding hydrogens is 207 g/mol. The Labute approximate surface area is 93.4 Å². The van der Waals surface area contributed by atoms with Crippen LogP contribution in [0, 0.1) is 11.7 Å². The summed E-state index contributed by atoms with van der Waals surface area (Å²) in [6.45, 7) is 1.98. The number of carbonyl (C=O) groups excluding carboxylic acids is 1. The van der Waals surface area contributed by atoms with Gasteiger partial charge in [0.1, 0.15) is 17.2 Å². The van der Waals surface area contributed by atoms with Crippen LogP contribution in [0.3, 0.4) is 0 Å². The third kappa shape index (κ3) is 1.42. The van der Waals surface area contributed by atoms with Gasteiger partial charge in [0, 0.05) is 0 Å². The number of rotatable bonds is 1. The Kier molecular flexibility index (Phi) is 1.88. The van der Waals surface area contributed by atoms with Gasteiger partial charge in [0.05, 0.1) is 12.0 Å². The zero-order chi connectivity index (χ0) is 11.3. The molecule has 0 saturated heterocycles. The molecule has 1 aromatic rings. The number of halogens is 1. The molecule has 1 atom stereocenters. The molecule has 2 aliphatic rings. The largest absolute Gasteiger partial charge is 0.486 e. The third-order valence-corrected chi connectivity index (χ3v) is 3.54. The highest BCUT2D eigenvalue weighted by Gasteiger charge is 2.47. The van der Waals surface area contributed by atoms with Crippen LogP contribution in [0.5, 0.6) is 5.75 Å². The van der Waals surface area contributed by atoms with Gasteiger partial charge in [0.25, 0.3) is 0 Å². The molecule has 0 N–H and O–H groups in total. The Morgan fingerprint density at radius 2 is 2.19 bits per heavy atom. The minimum Gasteiger partial charge on any atom is -0.486 e. The summed E-state index contributed by atoms with van der Waals surface area (Å²) in [6.07, 6.45) is 2.62. The standard InChI is InChI=1S/C13H13FO2/c1-13(8-2-3-8)7-11(15)10-6-9(14)4-5-12(10)16-13/h4-6,8H,2-3,7H2,1H3. The average Bonchev–Trinajstić information content (AvgIpc) is 3.03. The van der Waals surface area contributed by atoms with Crippen molar-refractivity contribution in [1.29, 1.82) is 0 Å².